The molecule has 108 valence electrons. The second-order valence-electron chi connectivity index (χ2n) is 5.39. The topological polar surface area (TPSA) is 61.2 Å². The van der Waals surface area contributed by atoms with Crippen LogP contribution < -0.4 is 0 Å². The number of piperidine rings is 1. The summed E-state index contributed by atoms with van der Waals surface area (Å²) in [7, 11) is -3.24. The van der Waals surface area contributed by atoms with Crippen molar-refractivity contribution < 1.29 is 8.42 Å². The van der Waals surface area contributed by atoms with Crippen molar-refractivity contribution in [3.05, 3.63) is 35.9 Å². The fourth-order valence-electron chi connectivity index (χ4n) is 2.56. The van der Waals surface area contributed by atoms with Crippen molar-refractivity contribution >= 4 is 10.0 Å². The van der Waals surface area contributed by atoms with Gasteiger partial charge in [0.05, 0.1) is 11.8 Å². The van der Waals surface area contributed by atoms with Crippen LogP contribution in [0.15, 0.2) is 30.3 Å². The number of hydrogen-bond acceptors (Lipinski definition) is 3. The maximum Gasteiger partial charge on any atom is 0.214 e. The molecule has 1 atom stereocenters. The van der Waals surface area contributed by atoms with Crippen LogP contribution in [0.5, 0.6) is 0 Å². The zero-order valence-corrected chi connectivity index (χ0v) is 12.5. The second kappa shape index (κ2) is 6.38. The smallest absolute Gasteiger partial charge is 0.212 e. The van der Waals surface area contributed by atoms with E-state index in [-0.39, 0.29) is 17.6 Å². The van der Waals surface area contributed by atoms with E-state index in [1.54, 1.807) is 4.31 Å². The molecular formula is C15H20N2O2S. The van der Waals surface area contributed by atoms with E-state index in [0.29, 0.717) is 25.9 Å². The maximum atomic E-state index is 12.4. The Morgan fingerprint density at radius 1 is 1.30 bits per heavy atom. The number of benzene rings is 1. The van der Waals surface area contributed by atoms with Gasteiger partial charge in [-0.25, -0.2) is 12.7 Å². The van der Waals surface area contributed by atoms with Crippen molar-refractivity contribution in [1.82, 2.24) is 4.31 Å². The highest BCUT2D eigenvalue weighted by molar-refractivity contribution is 7.89. The maximum absolute atomic E-state index is 12.4. The SMILES string of the molecule is CC(CS(=O)(=O)N1CCC(C#N)CC1)c1ccccc1. The quantitative estimate of drug-likeness (QED) is 0.856. The first-order valence-electron chi connectivity index (χ1n) is 6.95. The molecule has 0 spiro atoms. The normalized spacial score (nSPS) is 19.4. The molecule has 20 heavy (non-hydrogen) atoms. The molecular weight excluding hydrogens is 272 g/mol. The molecule has 0 N–H and O–H groups in total. The molecule has 1 heterocycles. The molecule has 4 nitrogen and oxygen atoms in total. The van der Waals surface area contributed by atoms with Crippen molar-refractivity contribution in [2.75, 3.05) is 18.8 Å². The Labute approximate surface area is 121 Å². The third kappa shape index (κ3) is 3.59. The first-order valence-corrected chi connectivity index (χ1v) is 8.56. The van der Waals surface area contributed by atoms with Crippen molar-refractivity contribution in [3.8, 4) is 6.07 Å². The average molecular weight is 292 g/mol. The summed E-state index contributed by atoms with van der Waals surface area (Å²) < 4.78 is 26.4. The van der Waals surface area contributed by atoms with E-state index < -0.39 is 10.0 Å². The third-order valence-electron chi connectivity index (χ3n) is 3.86. The van der Waals surface area contributed by atoms with Crippen LogP contribution in [0.4, 0.5) is 0 Å². The van der Waals surface area contributed by atoms with Crippen molar-refractivity contribution in [3.63, 3.8) is 0 Å². The number of rotatable bonds is 4. The molecule has 1 aromatic rings. The van der Waals surface area contributed by atoms with E-state index >= 15 is 0 Å². The Balaban J connectivity index is 2.00. The lowest BCUT2D eigenvalue weighted by molar-refractivity contribution is 0.309. The van der Waals surface area contributed by atoms with Gasteiger partial charge in [-0.2, -0.15) is 5.26 Å². The van der Waals surface area contributed by atoms with Gasteiger partial charge < -0.3 is 0 Å². The first-order chi connectivity index (χ1) is 9.53. The van der Waals surface area contributed by atoms with Crippen LogP contribution in [-0.4, -0.2) is 31.6 Å². The minimum atomic E-state index is -3.24. The number of hydrogen-bond donors (Lipinski definition) is 0. The molecule has 1 aromatic carbocycles. The highest BCUT2D eigenvalue weighted by Gasteiger charge is 2.29. The van der Waals surface area contributed by atoms with E-state index in [1.165, 1.54) is 0 Å². The zero-order chi connectivity index (χ0) is 14.6. The van der Waals surface area contributed by atoms with Gasteiger partial charge in [0, 0.05) is 19.0 Å². The van der Waals surface area contributed by atoms with Gasteiger partial charge >= 0.3 is 0 Å². The van der Waals surface area contributed by atoms with E-state index in [9.17, 15) is 8.42 Å². The van der Waals surface area contributed by atoms with Crippen LogP contribution in [0.2, 0.25) is 0 Å². The van der Waals surface area contributed by atoms with Crippen molar-refractivity contribution in [1.29, 1.82) is 5.26 Å². The average Bonchev–Trinajstić information content (AvgIpc) is 2.48. The molecule has 0 aromatic heterocycles. The molecule has 0 radical (unpaired) electrons. The number of nitriles is 1. The largest absolute Gasteiger partial charge is 0.214 e. The van der Waals surface area contributed by atoms with Gasteiger partial charge in [-0.3, -0.25) is 0 Å². The molecule has 5 heteroatoms. The molecule has 0 amide bonds. The summed E-state index contributed by atoms with van der Waals surface area (Å²) in [4.78, 5) is 0. The molecule has 0 aliphatic carbocycles. The summed E-state index contributed by atoms with van der Waals surface area (Å²) in [6.45, 7) is 2.89. The van der Waals surface area contributed by atoms with Crippen LogP contribution >= 0.6 is 0 Å². The fourth-order valence-corrected chi connectivity index (χ4v) is 4.36. The Morgan fingerprint density at radius 2 is 1.90 bits per heavy atom. The summed E-state index contributed by atoms with van der Waals surface area (Å²) in [5.41, 5.74) is 1.04. The van der Waals surface area contributed by atoms with E-state index in [0.717, 1.165) is 5.56 Å². The minimum absolute atomic E-state index is 0.00740. The van der Waals surface area contributed by atoms with E-state index in [1.807, 2.05) is 37.3 Å². The Bertz CT molecular complexity index is 570. The van der Waals surface area contributed by atoms with Gasteiger partial charge in [-0.05, 0) is 24.3 Å². The van der Waals surface area contributed by atoms with Gasteiger partial charge in [-0.15, -0.1) is 0 Å². The van der Waals surface area contributed by atoms with Crippen molar-refractivity contribution in [2.45, 2.75) is 25.7 Å². The lowest BCUT2D eigenvalue weighted by atomic mass is 10.0. The molecule has 1 saturated heterocycles. The van der Waals surface area contributed by atoms with E-state index in [4.69, 9.17) is 5.26 Å². The lowest BCUT2D eigenvalue weighted by Gasteiger charge is -2.29. The van der Waals surface area contributed by atoms with Crippen LogP contribution in [0.1, 0.15) is 31.2 Å². The fraction of sp³-hybridized carbons (Fsp3) is 0.533. The number of nitrogens with zero attached hydrogens (tertiary/aromatic N) is 2. The predicted molar refractivity (Wildman–Crippen MR) is 78.6 cm³/mol. The standard InChI is InChI=1S/C15H20N2O2S/c1-13(15-5-3-2-4-6-15)12-20(18,19)17-9-7-14(11-16)8-10-17/h2-6,13-14H,7-10,12H2,1H3. The minimum Gasteiger partial charge on any atom is -0.212 e. The van der Waals surface area contributed by atoms with Crippen LogP contribution in [0, 0.1) is 17.2 Å². The Morgan fingerprint density at radius 3 is 2.45 bits per heavy atom. The predicted octanol–water partition coefficient (Wildman–Crippen LogP) is 2.36. The van der Waals surface area contributed by atoms with Gasteiger partial charge in [-0.1, -0.05) is 37.3 Å². The van der Waals surface area contributed by atoms with Crippen LogP contribution in [0.3, 0.4) is 0 Å². The Hall–Kier alpha value is -1.38. The monoisotopic (exact) mass is 292 g/mol. The zero-order valence-electron chi connectivity index (χ0n) is 11.7. The number of sulfonamides is 1. The van der Waals surface area contributed by atoms with Crippen LogP contribution in [0.25, 0.3) is 0 Å². The highest BCUT2D eigenvalue weighted by atomic mass is 32.2. The molecule has 0 bridgehead atoms. The molecule has 1 fully saturated rings. The second-order valence-corrected chi connectivity index (χ2v) is 7.41. The molecule has 2 rings (SSSR count). The first kappa shape index (κ1) is 15.0. The molecule has 1 unspecified atom stereocenters. The van der Waals surface area contributed by atoms with E-state index in [2.05, 4.69) is 6.07 Å². The lowest BCUT2D eigenvalue weighted by Crippen LogP contribution is -2.40. The van der Waals surface area contributed by atoms with Gasteiger partial charge in [0.15, 0.2) is 0 Å². The third-order valence-corrected chi connectivity index (χ3v) is 5.93. The van der Waals surface area contributed by atoms with Crippen LogP contribution in [-0.2, 0) is 10.0 Å². The molecule has 0 saturated carbocycles. The summed E-state index contributed by atoms with van der Waals surface area (Å²) in [5, 5.41) is 8.86. The summed E-state index contributed by atoms with van der Waals surface area (Å²) in [6.07, 6.45) is 1.30. The van der Waals surface area contributed by atoms with Gasteiger partial charge in [0.1, 0.15) is 0 Å². The Kier molecular flexibility index (Phi) is 4.79. The van der Waals surface area contributed by atoms with Gasteiger partial charge in [0.2, 0.25) is 10.0 Å². The summed E-state index contributed by atoms with van der Waals surface area (Å²) in [5.74, 6) is 0.122. The summed E-state index contributed by atoms with van der Waals surface area (Å²) in [6, 6.07) is 11.9. The molecule has 1 aliphatic heterocycles. The van der Waals surface area contributed by atoms with Crippen molar-refractivity contribution in [2.24, 2.45) is 5.92 Å². The van der Waals surface area contributed by atoms with Gasteiger partial charge in [0.25, 0.3) is 0 Å². The summed E-state index contributed by atoms with van der Waals surface area (Å²) >= 11 is 0. The highest BCUT2D eigenvalue weighted by Crippen LogP contribution is 2.23. The molecule has 1 aliphatic rings.